The molecule has 0 aromatic rings. The van der Waals surface area contributed by atoms with Gasteiger partial charge in [-0.3, -0.25) is 46.3 Å². The highest BCUT2D eigenvalue weighted by Gasteiger charge is 2.59. The van der Waals surface area contributed by atoms with Crippen LogP contribution in [0.5, 0.6) is 0 Å². The van der Waals surface area contributed by atoms with Crippen LogP contribution in [0.25, 0.3) is 0 Å². The standard InChI is InChI=1S/2C5H17NO12P4.C3H9NO/c2*1-2-3-6(4(19(7,8)9)20(10,11)12)5(21(13,14)15)22(16,17)18;4-2-1-3-5/h2*4-5H,2-3H2,1H3,(H2,7,8,9)(H2,10,11,12)(H2,13,14,15)(H2,16,17,18);5H,1-4H2. The van der Waals surface area contributed by atoms with Gasteiger partial charge in [0.05, 0.1) is 0 Å². The van der Waals surface area contributed by atoms with Gasteiger partial charge in [-0.2, -0.15) is 0 Å². The fourth-order valence-electron chi connectivity index (χ4n) is 3.64. The van der Waals surface area contributed by atoms with Crippen molar-refractivity contribution in [1.82, 2.24) is 9.80 Å². The second-order valence-electron chi connectivity index (χ2n) is 9.44. The number of nitrogens with two attached hydrogens (primary N) is 1. The van der Waals surface area contributed by atoms with Crippen LogP contribution in [0, 0.1) is 0 Å². The first-order valence-corrected chi connectivity index (χ1v) is 26.0. The lowest BCUT2D eigenvalue weighted by Crippen LogP contribution is -2.43. The van der Waals surface area contributed by atoms with Crippen molar-refractivity contribution < 1.29 is 120 Å². The van der Waals surface area contributed by atoms with Crippen molar-refractivity contribution in [2.75, 3.05) is 26.2 Å². The van der Waals surface area contributed by atoms with E-state index in [4.69, 9.17) is 89.1 Å². The van der Waals surface area contributed by atoms with Gasteiger partial charge < -0.3 is 89.1 Å². The smallest absolute Gasteiger partial charge is 0.355 e. The molecule has 36 heteroatoms. The molecule has 0 radical (unpaired) electrons. The van der Waals surface area contributed by atoms with E-state index in [2.05, 4.69) is 0 Å². The average Bonchev–Trinajstić information content (AvgIpc) is 2.73. The van der Waals surface area contributed by atoms with E-state index in [1.165, 1.54) is 13.8 Å². The summed E-state index contributed by atoms with van der Waals surface area (Å²) in [4.78, 5) is 145. The number of hydrogen-bond donors (Lipinski definition) is 18. The minimum Gasteiger partial charge on any atom is -0.396 e. The summed E-state index contributed by atoms with van der Waals surface area (Å²) in [6, 6.07) is 0. The molecule has 49 heavy (non-hydrogen) atoms. The molecule has 0 aromatic heterocycles. The normalized spacial score (nSPS) is 14.4. The lowest BCUT2D eigenvalue weighted by molar-refractivity contribution is 0.197. The van der Waals surface area contributed by atoms with Gasteiger partial charge in [-0.05, 0) is 25.8 Å². The molecule has 28 nitrogen and oxygen atoms in total. The van der Waals surface area contributed by atoms with E-state index in [9.17, 15) is 36.5 Å². The van der Waals surface area contributed by atoms with Crippen molar-refractivity contribution in [3.8, 4) is 0 Å². The summed E-state index contributed by atoms with van der Waals surface area (Å²) >= 11 is 0. The molecular formula is C13H43N3O25P8. The third-order valence-corrected chi connectivity index (χ3v) is 19.3. The first kappa shape index (κ1) is 54.4. The molecule has 0 aliphatic rings. The third-order valence-electron chi connectivity index (χ3n) is 4.92. The van der Waals surface area contributed by atoms with Gasteiger partial charge in [0.1, 0.15) is 0 Å². The van der Waals surface area contributed by atoms with Crippen LogP contribution in [0.3, 0.4) is 0 Å². The number of hydrogen-bond acceptors (Lipinski definition) is 12. The van der Waals surface area contributed by atoms with E-state index in [-0.39, 0.29) is 29.2 Å². The first-order valence-electron chi connectivity index (χ1n) is 12.5. The van der Waals surface area contributed by atoms with Crippen molar-refractivity contribution in [2.45, 2.75) is 55.2 Å². The summed E-state index contributed by atoms with van der Waals surface area (Å²) in [5, 5.41) is 7.99. The predicted octanol–water partition coefficient (Wildman–Crippen LogP) is -2.72. The third kappa shape index (κ3) is 20.3. The van der Waals surface area contributed by atoms with Crippen LogP contribution in [0.4, 0.5) is 0 Å². The van der Waals surface area contributed by atoms with Gasteiger partial charge in [0.15, 0.2) is 0 Å². The predicted molar refractivity (Wildman–Crippen MR) is 166 cm³/mol. The Morgan fingerprint density at radius 2 is 0.592 bits per heavy atom. The molecular weight excluding hydrogens is 846 g/mol. The summed E-state index contributed by atoms with van der Waals surface area (Å²) in [5.41, 5.74) is -7.39. The van der Waals surface area contributed by atoms with Crippen molar-refractivity contribution in [2.24, 2.45) is 5.73 Å². The van der Waals surface area contributed by atoms with Crippen LogP contribution in [-0.2, 0) is 36.5 Å². The Balaban J connectivity index is -0.000000757. The van der Waals surface area contributed by atoms with Crippen molar-refractivity contribution in [3.05, 3.63) is 0 Å². The van der Waals surface area contributed by atoms with Crippen molar-refractivity contribution in [1.29, 1.82) is 0 Å². The van der Waals surface area contributed by atoms with Crippen LogP contribution in [0.2, 0.25) is 0 Å². The van der Waals surface area contributed by atoms with E-state index in [0.717, 1.165) is 6.42 Å². The fourth-order valence-corrected chi connectivity index (χ4v) is 15.8. The molecule has 0 spiro atoms. The van der Waals surface area contributed by atoms with Crippen LogP contribution in [0.1, 0.15) is 33.1 Å². The van der Waals surface area contributed by atoms with Gasteiger partial charge in [0, 0.05) is 19.7 Å². The van der Waals surface area contributed by atoms with Gasteiger partial charge in [-0.1, -0.05) is 13.8 Å². The molecule has 0 amide bonds. The number of aliphatic hydroxyl groups excluding tert-OH is 1. The topological polar surface area (TPSA) is 513 Å². The lowest BCUT2D eigenvalue weighted by Gasteiger charge is -2.37. The van der Waals surface area contributed by atoms with E-state index < -0.39 is 96.0 Å². The summed E-state index contributed by atoms with van der Waals surface area (Å²) in [6.45, 7) is 1.84. The van der Waals surface area contributed by atoms with Crippen LogP contribution in [0.15, 0.2) is 0 Å². The molecule has 300 valence electrons. The van der Waals surface area contributed by atoms with Crippen molar-refractivity contribution in [3.63, 3.8) is 0 Å². The van der Waals surface area contributed by atoms with Gasteiger partial charge >= 0.3 is 60.8 Å². The maximum atomic E-state index is 11.3. The van der Waals surface area contributed by atoms with E-state index in [1.807, 2.05) is 0 Å². The minimum absolute atomic E-state index is 0.160. The minimum atomic E-state index is -5.70. The Morgan fingerprint density at radius 1 is 0.429 bits per heavy atom. The second kappa shape index (κ2) is 20.6. The molecule has 0 fully saturated rings. The maximum absolute atomic E-state index is 11.3. The zero-order valence-corrected chi connectivity index (χ0v) is 32.3. The van der Waals surface area contributed by atoms with Gasteiger partial charge in [0.2, 0.25) is 22.1 Å². The Kier molecular flexibility index (Phi) is 22.9. The molecule has 0 saturated carbocycles. The quantitative estimate of drug-likeness (QED) is 0.0622. The monoisotopic (exact) mass is 889 g/mol. The van der Waals surface area contributed by atoms with Crippen LogP contribution in [-0.4, -0.2) is 142 Å². The summed E-state index contributed by atoms with van der Waals surface area (Å²) < 4.78 is 90.5. The fraction of sp³-hybridized carbons (Fsp3) is 1.00. The van der Waals surface area contributed by atoms with Crippen LogP contribution < -0.4 is 5.73 Å². The highest BCUT2D eigenvalue weighted by atomic mass is 31.3. The summed E-state index contributed by atoms with van der Waals surface area (Å²) in [5.74, 6) is 0. The van der Waals surface area contributed by atoms with Crippen LogP contribution >= 0.6 is 60.8 Å². The summed E-state index contributed by atoms with van der Waals surface area (Å²) in [6.07, 6.45) is 0.403. The molecule has 0 atom stereocenters. The molecule has 0 rings (SSSR count). The zero-order valence-electron chi connectivity index (χ0n) is 25.2. The Labute approximate surface area is 277 Å². The van der Waals surface area contributed by atoms with Gasteiger partial charge in [0.25, 0.3) is 0 Å². The average molecular weight is 889 g/mol. The molecule has 0 saturated heterocycles. The number of aliphatic hydroxyl groups is 1. The lowest BCUT2D eigenvalue weighted by atomic mass is 10.5. The van der Waals surface area contributed by atoms with Gasteiger partial charge in [-0.25, -0.2) is 0 Å². The van der Waals surface area contributed by atoms with E-state index >= 15 is 0 Å². The van der Waals surface area contributed by atoms with E-state index in [1.54, 1.807) is 0 Å². The number of nitrogens with zero attached hydrogens (tertiary/aromatic N) is 2. The molecule has 0 unspecified atom stereocenters. The number of rotatable bonds is 18. The Hall–Kier alpha value is 1.04. The Bertz CT molecular complexity index is 1110. The van der Waals surface area contributed by atoms with E-state index in [0.29, 0.717) is 6.54 Å². The first-order chi connectivity index (χ1) is 21.3. The Morgan fingerprint density at radius 3 is 0.653 bits per heavy atom. The molecule has 0 aromatic carbocycles. The van der Waals surface area contributed by atoms with Gasteiger partial charge in [-0.15, -0.1) is 0 Å². The molecule has 19 N–H and O–H groups in total. The second-order valence-corrected chi connectivity index (χ2v) is 24.4. The zero-order chi connectivity index (χ0) is 40.4. The molecule has 0 aliphatic heterocycles. The molecule has 0 aliphatic carbocycles. The molecule has 0 bridgehead atoms. The van der Waals surface area contributed by atoms with Crippen molar-refractivity contribution >= 4 is 60.8 Å². The highest BCUT2D eigenvalue weighted by molar-refractivity contribution is 7.73. The maximum Gasteiger partial charge on any atom is 0.355 e. The highest BCUT2D eigenvalue weighted by Crippen LogP contribution is 2.70. The SMILES string of the molecule is CCCN(C(P(=O)(O)O)P(=O)(O)O)C(P(=O)(O)O)P(=O)(O)O.CCCN(C(P(=O)(O)O)P(=O)(O)O)C(P(=O)(O)O)P(=O)(O)O.NCCCO. The summed E-state index contributed by atoms with van der Waals surface area (Å²) in [7, 11) is -45.6. The molecule has 0 heterocycles. The largest absolute Gasteiger partial charge is 0.396 e.